The van der Waals surface area contributed by atoms with Crippen LogP contribution >= 0.6 is 0 Å². The summed E-state index contributed by atoms with van der Waals surface area (Å²) in [7, 11) is -4.69. The van der Waals surface area contributed by atoms with E-state index in [1.165, 1.54) is 42.9 Å². The zero-order valence-electron chi connectivity index (χ0n) is 40.2. The number of nitrogens with one attached hydrogen (secondary N) is 3. The summed E-state index contributed by atoms with van der Waals surface area (Å²) in [6.45, 7) is 12.3. The molecule has 370 valence electrons. The summed E-state index contributed by atoms with van der Waals surface area (Å²) in [6, 6.07) is 21.0. The number of piperidine rings is 1. The SMILES string of the molecule is CC(C)OC[C@H]1COc2cc(S(=O)(=O)NC(=O)c3ccc(N4CCC5(CC4)CC(N4CCC[C@H]4c4ccccc4C(C)C)C5)cc3N3c4cc5cc[nH]c5nc4O[C@H]4COCC[C@H]43)cc([N+](=O)[O-])c2N1. The number of pyridine rings is 1. The van der Waals surface area contributed by atoms with Gasteiger partial charge in [-0.3, -0.25) is 19.8 Å². The van der Waals surface area contributed by atoms with Crippen LogP contribution in [0.5, 0.6) is 11.6 Å². The minimum Gasteiger partial charge on any atom is -0.489 e. The Hall–Kier alpha value is -5.95. The number of fused-ring (bicyclic) bond motifs is 4. The molecule has 1 saturated carbocycles. The topological polar surface area (TPSA) is 194 Å². The number of carbonyl (C=O) groups is 1. The van der Waals surface area contributed by atoms with Crippen LogP contribution in [0, 0.1) is 15.5 Å². The molecular formula is C52H62N8O9S. The van der Waals surface area contributed by atoms with Crippen molar-refractivity contribution in [1.82, 2.24) is 19.6 Å². The highest BCUT2D eigenvalue weighted by molar-refractivity contribution is 7.90. The fourth-order valence-corrected chi connectivity index (χ4v) is 13.0. The van der Waals surface area contributed by atoms with Crippen molar-refractivity contribution in [2.75, 3.05) is 61.2 Å². The number of ether oxygens (including phenoxy) is 4. The zero-order valence-corrected chi connectivity index (χ0v) is 41.0. The lowest BCUT2D eigenvalue weighted by molar-refractivity contribution is -0.384. The van der Waals surface area contributed by atoms with Crippen molar-refractivity contribution in [3.05, 3.63) is 99.7 Å². The number of aromatic amines is 1. The van der Waals surface area contributed by atoms with Crippen molar-refractivity contribution < 1.29 is 37.1 Å². The number of anilines is 4. The molecule has 5 aromatic rings. The van der Waals surface area contributed by atoms with Crippen LogP contribution in [0.25, 0.3) is 11.0 Å². The van der Waals surface area contributed by atoms with E-state index in [9.17, 15) is 23.3 Å². The second-order valence-electron chi connectivity index (χ2n) is 20.7. The summed E-state index contributed by atoms with van der Waals surface area (Å²) in [5.41, 5.74) is 5.59. The summed E-state index contributed by atoms with van der Waals surface area (Å²) < 4.78 is 54.8. The average Bonchev–Trinajstić information content (AvgIpc) is 4.03. The van der Waals surface area contributed by atoms with Gasteiger partial charge in [-0.2, -0.15) is 4.98 Å². The summed E-state index contributed by atoms with van der Waals surface area (Å²) in [5.74, 6) is -0.0557. The second kappa shape index (κ2) is 18.3. The van der Waals surface area contributed by atoms with Gasteiger partial charge >= 0.3 is 0 Å². The number of rotatable bonds is 12. The van der Waals surface area contributed by atoms with Gasteiger partial charge in [-0.1, -0.05) is 38.1 Å². The van der Waals surface area contributed by atoms with E-state index in [-0.39, 0.29) is 47.8 Å². The number of hydrogen-bond donors (Lipinski definition) is 3. The van der Waals surface area contributed by atoms with E-state index < -0.39 is 43.6 Å². The van der Waals surface area contributed by atoms with Crippen LogP contribution in [-0.2, 0) is 19.5 Å². The smallest absolute Gasteiger partial charge is 0.297 e. The number of H-pyrrole nitrogens is 1. The molecule has 3 aromatic carbocycles. The van der Waals surface area contributed by atoms with E-state index in [0.717, 1.165) is 49.6 Å². The number of sulfonamides is 1. The number of nitro groups is 1. The monoisotopic (exact) mass is 974 g/mol. The Kier molecular flexibility index (Phi) is 12.2. The lowest BCUT2D eigenvalue weighted by Gasteiger charge is -2.56. The number of likely N-dealkylation sites (tertiary alicyclic amines) is 1. The largest absolute Gasteiger partial charge is 0.489 e. The fourth-order valence-electron chi connectivity index (χ4n) is 12.0. The predicted octanol–water partition coefficient (Wildman–Crippen LogP) is 8.59. The highest BCUT2D eigenvalue weighted by atomic mass is 32.2. The maximum absolute atomic E-state index is 14.7. The summed E-state index contributed by atoms with van der Waals surface area (Å²) >= 11 is 0. The quantitative estimate of drug-likeness (QED) is 0.0795. The Labute approximate surface area is 408 Å². The molecular weight excluding hydrogens is 913 g/mol. The highest BCUT2D eigenvalue weighted by Crippen LogP contribution is 2.55. The van der Waals surface area contributed by atoms with Crippen LogP contribution in [-0.4, -0.2) is 111 Å². The molecule has 18 heteroatoms. The molecule has 5 aliphatic heterocycles. The lowest BCUT2D eigenvalue weighted by Crippen LogP contribution is -2.55. The van der Waals surface area contributed by atoms with Crippen molar-refractivity contribution in [1.29, 1.82) is 0 Å². The van der Waals surface area contributed by atoms with E-state index in [0.29, 0.717) is 60.5 Å². The summed E-state index contributed by atoms with van der Waals surface area (Å²) in [5, 5.41) is 16.3. The molecule has 11 rings (SSSR count). The molecule has 3 N–H and O–H groups in total. The molecule has 6 aliphatic rings. The maximum atomic E-state index is 14.7. The van der Waals surface area contributed by atoms with Crippen LogP contribution < -0.4 is 29.3 Å². The lowest BCUT2D eigenvalue weighted by atomic mass is 9.59. The average molecular weight is 975 g/mol. The molecule has 0 radical (unpaired) electrons. The Morgan fingerprint density at radius 2 is 1.81 bits per heavy atom. The van der Waals surface area contributed by atoms with Crippen molar-refractivity contribution in [3.63, 3.8) is 0 Å². The van der Waals surface area contributed by atoms with Crippen molar-refractivity contribution in [2.24, 2.45) is 5.41 Å². The fraction of sp³-hybridized carbons (Fsp3) is 0.500. The van der Waals surface area contributed by atoms with Gasteiger partial charge in [0.1, 0.15) is 24.0 Å². The van der Waals surface area contributed by atoms with Gasteiger partial charge in [-0.25, -0.2) is 13.1 Å². The van der Waals surface area contributed by atoms with Gasteiger partial charge in [0, 0.05) is 61.2 Å². The van der Waals surface area contributed by atoms with Gasteiger partial charge in [0.05, 0.1) is 52.5 Å². The number of amides is 1. The number of aromatic nitrogens is 2. The first kappa shape index (κ1) is 46.4. The molecule has 4 fully saturated rings. The summed E-state index contributed by atoms with van der Waals surface area (Å²) in [4.78, 5) is 41.3. The Bertz CT molecular complexity index is 2930. The number of nitro benzene ring substituents is 1. The molecule has 70 heavy (non-hydrogen) atoms. The van der Waals surface area contributed by atoms with Crippen LogP contribution in [0.3, 0.4) is 0 Å². The minimum atomic E-state index is -4.69. The number of carbonyl (C=O) groups excluding carboxylic acids is 1. The molecule has 17 nitrogen and oxygen atoms in total. The van der Waals surface area contributed by atoms with Crippen molar-refractivity contribution in [2.45, 2.75) is 120 Å². The van der Waals surface area contributed by atoms with E-state index in [4.69, 9.17) is 23.9 Å². The molecule has 4 atom stereocenters. The third-order valence-electron chi connectivity index (χ3n) is 15.6. The van der Waals surface area contributed by atoms with Crippen LogP contribution in [0.4, 0.5) is 28.4 Å². The minimum absolute atomic E-state index is 0.0136. The summed E-state index contributed by atoms with van der Waals surface area (Å²) in [6.07, 6.45) is 8.81. The number of hydrogen-bond acceptors (Lipinski definition) is 14. The highest BCUT2D eigenvalue weighted by Gasteiger charge is 2.50. The van der Waals surface area contributed by atoms with Crippen LogP contribution in [0.2, 0.25) is 0 Å². The van der Waals surface area contributed by atoms with Crippen molar-refractivity contribution >= 4 is 55.4 Å². The van der Waals surface area contributed by atoms with E-state index in [1.54, 1.807) is 6.07 Å². The van der Waals surface area contributed by atoms with Gasteiger partial charge in [0.15, 0.2) is 11.4 Å². The van der Waals surface area contributed by atoms with Gasteiger partial charge < -0.3 is 39.0 Å². The first-order valence-corrected chi connectivity index (χ1v) is 26.4. The van der Waals surface area contributed by atoms with Gasteiger partial charge in [-0.15, -0.1) is 0 Å². The van der Waals surface area contributed by atoms with E-state index in [1.807, 2.05) is 44.3 Å². The molecule has 1 spiro atoms. The van der Waals surface area contributed by atoms with Crippen molar-refractivity contribution in [3.8, 4) is 11.6 Å². The van der Waals surface area contributed by atoms with Crippen LogP contribution in [0.15, 0.2) is 77.8 Å². The molecule has 0 bridgehead atoms. The molecule has 7 heterocycles. The molecule has 0 unspecified atom stereocenters. The van der Waals surface area contributed by atoms with E-state index in [2.05, 4.69) is 67.8 Å². The van der Waals surface area contributed by atoms with Gasteiger partial charge in [-0.05, 0) is 118 Å². The maximum Gasteiger partial charge on any atom is 0.297 e. The third-order valence-corrected chi connectivity index (χ3v) is 16.9. The Balaban J connectivity index is 0.886. The number of nitrogens with zero attached hydrogens (tertiary/aromatic N) is 5. The zero-order chi connectivity index (χ0) is 48.5. The third kappa shape index (κ3) is 8.59. The molecule has 3 saturated heterocycles. The molecule has 1 amide bonds. The second-order valence-corrected chi connectivity index (χ2v) is 22.3. The van der Waals surface area contributed by atoms with Crippen LogP contribution in [0.1, 0.15) is 106 Å². The Morgan fingerprint density at radius 3 is 2.60 bits per heavy atom. The van der Waals surface area contributed by atoms with Gasteiger partial charge in [0.2, 0.25) is 5.88 Å². The Morgan fingerprint density at radius 1 is 1.00 bits per heavy atom. The molecule has 2 aromatic heterocycles. The number of benzene rings is 3. The van der Waals surface area contributed by atoms with E-state index >= 15 is 0 Å². The predicted molar refractivity (Wildman–Crippen MR) is 266 cm³/mol. The first-order valence-electron chi connectivity index (χ1n) is 24.9. The first-order chi connectivity index (χ1) is 33.7. The van der Waals surface area contributed by atoms with Gasteiger partial charge in [0.25, 0.3) is 21.6 Å². The molecule has 1 aliphatic carbocycles. The standard InChI is InChI=1S/C52H62N8O9S/c1-31(2)38-8-5-6-9-39(38)41-10-7-18-58(41)36-26-52(27-36)15-19-57(20-16-52)35-11-12-40(43(23-35)59-42-14-21-66-30-47(42)69-51-45(59)22-33-13-17-53-49(33)55-51)50(61)56-70(64,65)37-24-44(60(62)63)48-46(25-37)68-29-34(54-48)28-67-32(3)4/h5-6,8-9,11-13,17,22-25,31-32,34,36,41-42,47,54H,7,10,14-16,18-21,26-30H2,1-4H3,(H,53,55)(H,56,61)/t34-,41-,42+,47-/m0/s1. The normalized spacial score (nSPS) is 23.3.